The van der Waals surface area contributed by atoms with Crippen molar-refractivity contribution >= 4 is 0 Å². The van der Waals surface area contributed by atoms with Gasteiger partial charge in [-0.2, -0.15) is 13.2 Å². The topological polar surface area (TPSA) is 47.0 Å². The number of nitrogens with zero attached hydrogens (tertiary/aromatic N) is 2. The third-order valence-electron chi connectivity index (χ3n) is 3.17. The lowest BCUT2D eigenvalue weighted by atomic mass is 10.0. The maximum absolute atomic E-state index is 13.1. The van der Waals surface area contributed by atoms with E-state index in [1.54, 1.807) is 0 Å². The molecule has 0 spiro atoms. The average molecular weight is 275 g/mol. The van der Waals surface area contributed by atoms with Gasteiger partial charge in [0.15, 0.2) is 11.5 Å². The molecule has 2 rings (SSSR count). The minimum atomic E-state index is -4.45. The molecule has 0 aromatic carbocycles. The lowest BCUT2D eigenvalue weighted by Gasteiger charge is -2.22. The third-order valence-corrected chi connectivity index (χ3v) is 3.17. The van der Waals surface area contributed by atoms with E-state index in [1.807, 2.05) is 6.92 Å². The summed E-state index contributed by atoms with van der Waals surface area (Å²) in [5.74, 6) is 0.111. The molecule has 7 heteroatoms. The van der Waals surface area contributed by atoms with Crippen LogP contribution in [0, 0.1) is 0 Å². The van der Waals surface area contributed by atoms with E-state index < -0.39 is 18.0 Å². The van der Waals surface area contributed by atoms with Crippen molar-refractivity contribution in [1.82, 2.24) is 15.3 Å². The predicted octanol–water partition coefficient (Wildman–Crippen LogP) is 2.24. The zero-order valence-electron chi connectivity index (χ0n) is 10.8. The van der Waals surface area contributed by atoms with Gasteiger partial charge < -0.3 is 10.1 Å². The first-order valence-corrected chi connectivity index (χ1v) is 6.17. The molecule has 1 aromatic heterocycles. The second kappa shape index (κ2) is 5.42. The number of nitrogens with one attached hydrogen (secondary N) is 1. The van der Waals surface area contributed by atoms with E-state index >= 15 is 0 Å². The normalized spacial score (nSPS) is 17.1. The van der Waals surface area contributed by atoms with Crippen molar-refractivity contribution in [2.45, 2.75) is 38.6 Å². The maximum Gasteiger partial charge on any atom is 0.433 e. The highest BCUT2D eigenvalue weighted by Gasteiger charge is 2.38. The summed E-state index contributed by atoms with van der Waals surface area (Å²) in [6.07, 6.45) is -4.13. The molecule has 106 valence electrons. The molecule has 19 heavy (non-hydrogen) atoms. The van der Waals surface area contributed by atoms with Crippen LogP contribution in [0.2, 0.25) is 0 Å². The van der Waals surface area contributed by atoms with Gasteiger partial charge in [0.2, 0.25) is 0 Å². The van der Waals surface area contributed by atoms with Crippen molar-refractivity contribution in [2.75, 3.05) is 13.7 Å². The molecule has 0 amide bonds. The average Bonchev–Trinajstić information content (AvgIpc) is 2.38. The molecule has 0 bridgehead atoms. The van der Waals surface area contributed by atoms with Crippen molar-refractivity contribution in [2.24, 2.45) is 0 Å². The molecule has 0 fully saturated rings. The van der Waals surface area contributed by atoms with Crippen LogP contribution in [0.15, 0.2) is 0 Å². The molecule has 1 aromatic rings. The third kappa shape index (κ3) is 2.87. The Hall–Kier alpha value is -1.21. The van der Waals surface area contributed by atoms with E-state index in [0.717, 1.165) is 0 Å². The summed E-state index contributed by atoms with van der Waals surface area (Å²) in [6.45, 7) is 2.68. The van der Waals surface area contributed by atoms with Crippen LogP contribution in [0.25, 0.3) is 0 Å². The Labute approximate surface area is 109 Å². The number of rotatable bonds is 3. The monoisotopic (exact) mass is 275 g/mol. The predicted molar refractivity (Wildman–Crippen MR) is 62.5 cm³/mol. The summed E-state index contributed by atoms with van der Waals surface area (Å²) < 4.78 is 44.4. The molecule has 0 saturated carbocycles. The fourth-order valence-corrected chi connectivity index (χ4v) is 2.21. The highest BCUT2D eigenvalue weighted by Crippen LogP contribution is 2.33. The first-order valence-electron chi connectivity index (χ1n) is 6.17. The van der Waals surface area contributed by atoms with Gasteiger partial charge in [0, 0.05) is 19.2 Å². The van der Waals surface area contributed by atoms with Crippen LogP contribution in [0.1, 0.15) is 42.2 Å². The van der Waals surface area contributed by atoms with Crippen molar-refractivity contribution in [1.29, 1.82) is 0 Å². The van der Waals surface area contributed by atoms with Crippen molar-refractivity contribution in [3.8, 4) is 0 Å². The Morgan fingerprint density at radius 1 is 1.37 bits per heavy atom. The van der Waals surface area contributed by atoms with E-state index in [2.05, 4.69) is 15.3 Å². The number of methoxy groups -OCH3 is 1. The number of ether oxygens (including phenoxy) is 1. The number of hydrogen-bond acceptors (Lipinski definition) is 4. The molecule has 1 N–H and O–H groups in total. The molecular formula is C12H16F3N3O. The Bertz CT molecular complexity index is 458. The highest BCUT2D eigenvalue weighted by molar-refractivity contribution is 5.30. The minimum Gasteiger partial charge on any atom is -0.373 e. The molecule has 1 aliphatic rings. The highest BCUT2D eigenvalue weighted by atomic mass is 19.4. The second-order valence-electron chi connectivity index (χ2n) is 4.41. The Morgan fingerprint density at radius 2 is 2.11 bits per heavy atom. The van der Waals surface area contributed by atoms with E-state index in [0.29, 0.717) is 31.6 Å². The van der Waals surface area contributed by atoms with Crippen LogP contribution in [-0.4, -0.2) is 23.6 Å². The minimum absolute atomic E-state index is 0.111. The molecule has 4 nitrogen and oxygen atoms in total. The molecule has 1 aliphatic heterocycles. The van der Waals surface area contributed by atoms with Gasteiger partial charge in [-0.15, -0.1) is 0 Å². The largest absolute Gasteiger partial charge is 0.433 e. The summed E-state index contributed by atoms with van der Waals surface area (Å²) in [6, 6.07) is 0. The molecule has 1 atom stereocenters. The lowest BCUT2D eigenvalue weighted by Crippen LogP contribution is -2.29. The van der Waals surface area contributed by atoms with Crippen LogP contribution < -0.4 is 5.32 Å². The van der Waals surface area contributed by atoms with Crippen molar-refractivity contribution < 1.29 is 17.9 Å². The van der Waals surface area contributed by atoms with Crippen molar-refractivity contribution in [3.63, 3.8) is 0 Å². The molecule has 0 saturated heterocycles. The fourth-order valence-electron chi connectivity index (χ4n) is 2.21. The smallest absolute Gasteiger partial charge is 0.373 e. The van der Waals surface area contributed by atoms with Crippen molar-refractivity contribution in [3.05, 3.63) is 22.8 Å². The number of halogens is 3. The van der Waals surface area contributed by atoms with Crippen LogP contribution in [0.4, 0.5) is 13.2 Å². The molecule has 0 radical (unpaired) electrons. The number of alkyl halides is 3. The fraction of sp³-hybridized carbons (Fsp3) is 0.667. The SMILES string of the molecule is CCC(OC)c1nc2c(c(C(F)(F)F)n1)CCNC2. The summed E-state index contributed by atoms with van der Waals surface area (Å²) in [7, 11) is 1.45. The van der Waals surface area contributed by atoms with Gasteiger partial charge in [0.1, 0.15) is 6.10 Å². The lowest BCUT2D eigenvalue weighted by molar-refractivity contribution is -0.142. The van der Waals surface area contributed by atoms with Gasteiger partial charge in [-0.25, -0.2) is 9.97 Å². The Kier molecular flexibility index (Phi) is 4.05. The zero-order valence-corrected chi connectivity index (χ0v) is 10.8. The molecule has 2 heterocycles. The van der Waals surface area contributed by atoms with Crippen LogP contribution >= 0.6 is 0 Å². The second-order valence-corrected chi connectivity index (χ2v) is 4.41. The van der Waals surface area contributed by atoms with E-state index in [9.17, 15) is 13.2 Å². The Morgan fingerprint density at radius 3 is 2.68 bits per heavy atom. The zero-order chi connectivity index (χ0) is 14.0. The standard InChI is InChI=1S/C12H16F3N3O/c1-3-9(19-2)11-17-8-6-16-5-4-7(8)10(18-11)12(13,14)15/h9,16H,3-6H2,1-2H3. The van der Waals surface area contributed by atoms with Gasteiger partial charge in [0.25, 0.3) is 0 Å². The van der Waals surface area contributed by atoms with Gasteiger partial charge in [-0.3, -0.25) is 0 Å². The van der Waals surface area contributed by atoms with Crippen LogP contribution in [0.3, 0.4) is 0 Å². The van der Waals surface area contributed by atoms with E-state index in [-0.39, 0.29) is 11.4 Å². The first-order chi connectivity index (χ1) is 8.97. The summed E-state index contributed by atoms with van der Waals surface area (Å²) in [5.41, 5.74) is -0.176. The maximum atomic E-state index is 13.1. The van der Waals surface area contributed by atoms with E-state index in [4.69, 9.17) is 4.74 Å². The van der Waals surface area contributed by atoms with Gasteiger partial charge in [-0.1, -0.05) is 6.92 Å². The Balaban J connectivity index is 2.54. The molecule has 0 aliphatic carbocycles. The first kappa shape index (κ1) is 14.2. The van der Waals surface area contributed by atoms with E-state index in [1.165, 1.54) is 7.11 Å². The summed E-state index contributed by atoms with van der Waals surface area (Å²) in [4.78, 5) is 7.94. The molecule has 1 unspecified atom stereocenters. The van der Waals surface area contributed by atoms with Gasteiger partial charge in [0.05, 0.1) is 5.69 Å². The van der Waals surface area contributed by atoms with Gasteiger partial charge in [-0.05, 0) is 19.4 Å². The summed E-state index contributed by atoms with van der Waals surface area (Å²) in [5, 5.41) is 3.02. The van der Waals surface area contributed by atoms with Crippen LogP contribution in [-0.2, 0) is 23.9 Å². The van der Waals surface area contributed by atoms with Gasteiger partial charge >= 0.3 is 6.18 Å². The number of hydrogen-bond donors (Lipinski definition) is 1. The molecular weight excluding hydrogens is 259 g/mol. The number of fused-ring (bicyclic) bond motifs is 1. The number of aromatic nitrogens is 2. The quantitative estimate of drug-likeness (QED) is 0.919. The summed E-state index contributed by atoms with van der Waals surface area (Å²) >= 11 is 0. The van der Waals surface area contributed by atoms with Crippen LogP contribution in [0.5, 0.6) is 0 Å².